The molecule has 0 aliphatic heterocycles. The highest BCUT2D eigenvalue weighted by atomic mass is 14.7. The monoisotopic (exact) mass is 121 g/mol. The summed E-state index contributed by atoms with van der Waals surface area (Å²) in [6, 6.07) is 2.40. The second-order valence-electron chi connectivity index (χ2n) is 3.78. The maximum absolute atomic E-state index is 8.64. The molecule has 0 aromatic heterocycles. The third kappa shape index (κ3) is 0.409. The quantitative estimate of drug-likeness (QED) is 0.521. The zero-order chi connectivity index (χ0) is 6.54. The van der Waals surface area contributed by atoms with Crippen molar-refractivity contribution in [2.75, 3.05) is 0 Å². The molecule has 2 bridgehead atoms. The standard InChI is InChI=1S/C8H11N/c1-2-7-3-8(4-7,5-7)6-9/h2-5H2,1H3. The summed E-state index contributed by atoms with van der Waals surface area (Å²) in [5, 5.41) is 8.64. The molecule has 3 fully saturated rings. The highest BCUT2D eigenvalue weighted by molar-refractivity contribution is 5.25. The van der Waals surface area contributed by atoms with Gasteiger partial charge in [-0.2, -0.15) is 5.26 Å². The zero-order valence-electron chi connectivity index (χ0n) is 5.78. The van der Waals surface area contributed by atoms with Crippen molar-refractivity contribution in [3.05, 3.63) is 0 Å². The number of rotatable bonds is 1. The van der Waals surface area contributed by atoms with Gasteiger partial charge >= 0.3 is 0 Å². The summed E-state index contributed by atoms with van der Waals surface area (Å²) in [5.74, 6) is 0. The van der Waals surface area contributed by atoms with Crippen molar-refractivity contribution in [2.24, 2.45) is 10.8 Å². The number of hydrogen-bond donors (Lipinski definition) is 0. The first-order chi connectivity index (χ1) is 4.24. The van der Waals surface area contributed by atoms with E-state index in [1.807, 2.05) is 0 Å². The molecule has 0 amide bonds. The van der Waals surface area contributed by atoms with Gasteiger partial charge in [-0.15, -0.1) is 0 Å². The van der Waals surface area contributed by atoms with Crippen LogP contribution in [0.2, 0.25) is 0 Å². The molecule has 3 aliphatic carbocycles. The molecule has 0 unspecified atom stereocenters. The van der Waals surface area contributed by atoms with Gasteiger partial charge in [-0.1, -0.05) is 13.3 Å². The van der Waals surface area contributed by atoms with E-state index in [0.717, 1.165) is 0 Å². The summed E-state index contributed by atoms with van der Waals surface area (Å²) < 4.78 is 0. The van der Waals surface area contributed by atoms with Crippen LogP contribution < -0.4 is 0 Å². The average molecular weight is 121 g/mol. The largest absolute Gasteiger partial charge is 0.198 e. The molecule has 3 saturated carbocycles. The summed E-state index contributed by atoms with van der Waals surface area (Å²) in [4.78, 5) is 0. The van der Waals surface area contributed by atoms with Crippen LogP contribution in [0.3, 0.4) is 0 Å². The van der Waals surface area contributed by atoms with Crippen molar-refractivity contribution >= 4 is 0 Å². The molecule has 0 N–H and O–H groups in total. The van der Waals surface area contributed by atoms with Crippen molar-refractivity contribution in [3.63, 3.8) is 0 Å². The van der Waals surface area contributed by atoms with E-state index >= 15 is 0 Å². The topological polar surface area (TPSA) is 23.8 Å². The van der Waals surface area contributed by atoms with Gasteiger partial charge < -0.3 is 0 Å². The van der Waals surface area contributed by atoms with Crippen LogP contribution in [0.4, 0.5) is 0 Å². The maximum Gasteiger partial charge on any atom is 0.0690 e. The summed E-state index contributed by atoms with van der Waals surface area (Å²) in [6.07, 6.45) is 4.89. The molecular weight excluding hydrogens is 110 g/mol. The Kier molecular flexibility index (Phi) is 0.682. The van der Waals surface area contributed by atoms with Crippen molar-refractivity contribution in [1.29, 1.82) is 5.26 Å². The Labute approximate surface area is 55.7 Å². The number of nitriles is 1. The number of hydrogen-bond acceptors (Lipinski definition) is 1. The Hall–Kier alpha value is -0.510. The lowest BCUT2D eigenvalue weighted by molar-refractivity contribution is -0.164. The molecule has 0 radical (unpaired) electrons. The van der Waals surface area contributed by atoms with E-state index in [1.165, 1.54) is 25.7 Å². The predicted octanol–water partition coefficient (Wildman–Crippen LogP) is 2.09. The summed E-state index contributed by atoms with van der Waals surface area (Å²) in [5.41, 5.74) is 0.825. The van der Waals surface area contributed by atoms with E-state index in [2.05, 4.69) is 13.0 Å². The average Bonchev–Trinajstić information content (AvgIpc) is 1.62. The van der Waals surface area contributed by atoms with Crippen LogP contribution in [0.5, 0.6) is 0 Å². The van der Waals surface area contributed by atoms with E-state index in [4.69, 9.17) is 5.26 Å². The lowest BCUT2D eigenvalue weighted by Gasteiger charge is -2.67. The molecule has 3 aliphatic rings. The first-order valence-corrected chi connectivity index (χ1v) is 3.66. The lowest BCUT2D eigenvalue weighted by atomic mass is 9.35. The Morgan fingerprint density at radius 2 is 2.00 bits per heavy atom. The van der Waals surface area contributed by atoms with Crippen LogP contribution in [-0.4, -0.2) is 0 Å². The van der Waals surface area contributed by atoms with Crippen molar-refractivity contribution < 1.29 is 0 Å². The Bertz CT molecular complexity index is 167. The number of nitrogens with zero attached hydrogens (tertiary/aromatic N) is 1. The van der Waals surface area contributed by atoms with Crippen LogP contribution in [0.25, 0.3) is 0 Å². The van der Waals surface area contributed by atoms with Gasteiger partial charge in [0.15, 0.2) is 0 Å². The summed E-state index contributed by atoms with van der Waals surface area (Å²) in [6.45, 7) is 2.24. The molecule has 0 spiro atoms. The first kappa shape index (κ1) is 5.29. The Balaban J connectivity index is 2.06. The molecule has 48 valence electrons. The van der Waals surface area contributed by atoms with Gasteiger partial charge in [-0.25, -0.2) is 0 Å². The lowest BCUT2D eigenvalue weighted by Crippen LogP contribution is -2.60. The summed E-state index contributed by atoms with van der Waals surface area (Å²) in [7, 11) is 0. The van der Waals surface area contributed by atoms with Crippen LogP contribution in [0, 0.1) is 22.2 Å². The molecule has 3 rings (SSSR count). The van der Waals surface area contributed by atoms with Crippen LogP contribution >= 0.6 is 0 Å². The summed E-state index contributed by atoms with van der Waals surface area (Å²) >= 11 is 0. The molecule has 0 aromatic carbocycles. The minimum absolute atomic E-state index is 0.177. The SMILES string of the molecule is CCC12CC(C#N)(C1)C2. The third-order valence-corrected chi connectivity index (χ3v) is 3.13. The van der Waals surface area contributed by atoms with Gasteiger partial charge in [0.1, 0.15) is 0 Å². The Morgan fingerprint density at radius 3 is 2.33 bits per heavy atom. The van der Waals surface area contributed by atoms with Crippen molar-refractivity contribution in [2.45, 2.75) is 32.6 Å². The predicted molar refractivity (Wildman–Crippen MR) is 34.6 cm³/mol. The third-order valence-electron chi connectivity index (χ3n) is 3.13. The van der Waals surface area contributed by atoms with Crippen LogP contribution in [0.15, 0.2) is 0 Å². The van der Waals surface area contributed by atoms with Gasteiger partial charge in [0.25, 0.3) is 0 Å². The zero-order valence-corrected chi connectivity index (χ0v) is 5.78. The first-order valence-electron chi connectivity index (χ1n) is 3.66. The van der Waals surface area contributed by atoms with E-state index in [0.29, 0.717) is 5.41 Å². The van der Waals surface area contributed by atoms with Gasteiger partial charge in [0.05, 0.1) is 11.5 Å². The smallest absolute Gasteiger partial charge is 0.0690 e. The van der Waals surface area contributed by atoms with Gasteiger partial charge in [-0.05, 0) is 24.7 Å². The molecule has 1 heteroatoms. The normalized spacial score (nSPS) is 52.9. The Morgan fingerprint density at radius 1 is 1.44 bits per heavy atom. The second-order valence-corrected chi connectivity index (χ2v) is 3.78. The highest BCUT2D eigenvalue weighted by Crippen LogP contribution is 2.74. The van der Waals surface area contributed by atoms with Gasteiger partial charge in [-0.3, -0.25) is 0 Å². The van der Waals surface area contributed by atoms with Gasteiger partial charge in [0, 0.05) is 0 Å². The molecule has 9 heavy (non-hydrogen) atoms. The van der Waals surface area contributed by atoms with Crippen molar-refractivity contribution in [3.8, 4) is 6.07 Å². The molecule has 0 heterocycles. The molecule has 0 atom stereocenters. The van der Waals surface area contributed by atoms with Gasteiger partial charge in [0.2, 0.25) is 0 Å². The second kappa shape index (κ2) is 1.16. The van der Waals surface area contributed by atoms with E-state index in [9.17, 15) is 0 Å². The fraction of sp³-hybridized carbons (Fsp3) is 0.875. The van der Waals surface area contributed by atoms with Crippen LogP contribution in [0.1, 0.15) is 32.6 Å². The van der Waals surface area contributed by atoms with E-state index in [1.54, 1.807) is 0 Å². The molecular formula is C8H11N. The fourth-order valence-corrected chi connectivity index (χ4v) is 2.49. The maximum atomic E-state index is 8.64. The van der Waals surface area contributed by atoms with Crippen molar-refractivity contribution in [1.82, 2.24) is 0 Å². The van der Waals surface area contributed by atoms with Crippen LogP contribution in [-0.2, 0) is 0 Å². The molecule has 0 saturated heterocycles. The fourth-order valence-electron chi connectivity index (χ4n) is 2.49. The molecule has 1 nitrogen and oxygen atoms in total. The molecule has 0 aromatic rings. The van der Waals surface area contributed by atoms with E-state index < -0.39 is 0 Å². The minimum atomic E-state index is 0.177. The minimum Gasteiger partial charge on any atom is -0.198 e. The highest BCUT2D eigenvalue weighted by Gasteiger charge is 2.67. The van der Waals surface area contributed by atoms with E-state index in [-0.39, 0.29) is 5.41 Å².